The Morgan fingerprint density at radius 3 is 2.83 bits per heavy atom. The van der Waals surface area contributed by atoms with Crippen molar-refractivity contribution in [3.05, 3.63) is 64.0 Å². The van der Waals surface area contributed by atoms with E-state index in [0.29, 0.717) is 10.7 Å². The molecule has 0 saturated heterocycles. The van der Waals surface area contributed by atoms with Crippen LogP contribution in [0.2, 0.25) is 10.0 Å². The number of halogens is 3. The topological polar surface area (TPSA) is 69.3 Å². The Bertz CT molecular complexity index is 919. The zero-order chi connectivity index (χ0) is 17.1. The minimum Gasteiger partial charge on any atom is -0.350 e. The first-order valence-electron chi connectivity index (χ1n) is 6.85. The molecule has 3 aromatic rings. The fraction of sp³-hybridized carbons (Fsp3) is 0. The van der Waals surface area contributed by atoms with E-state index >= 15 is 0 Å². The van der Waals surface area contributed by atoms with Gasteiger partial charge >= 0.3 is 0 Å². The number of carbonyl (C=O) groups excluding carboxylic acids is 1. The van der Waals surface area contributed by atoms with E-state index in [4.69, 9.17) is 23.2 Å². The van der Waals surface area contributed by atoms with Crippen LogP contribution in [0.25, 0.3) is 10.9 Å². The fourth-order valence-electron chi connectivity index (χ4n) is 2.10. The summed E-state index contributed by atoms with van der Waals surface area (Å²) in [6.07, 6.45) is 1.14. The molecule has 0 atom stereocenters. The molecule has 0 radical (unpaired) electrons. The van der Waals surface area contributed by atoms with Gasteiger partial charge in [-0.05, 0) is 36.4 Å². The van der Waals surface area contributed by atoms with E-state index in [9.17, 15) is 9.18 Å². The highest BCUT2D eigenvalue weighted by Gasteiger charge is 2.09. The quantitative estimate of drug-likeness (QED) is 0.368. The van der Waals surface area contributed by atoms with Gasteiger partial charge in [-0.2, -0.15) is 0 Å². The van der Waals surface area contributed by atoms with Gasteiger partial charge in [0.25, 0.3) is 5.91 Å². The van der Waals surface area contributed by atoms with Gasteiger partial charge in [0, 0.05) is 15.9 Å². The average Bonchev–Trinajstić information content (AvgIpc) is 2.96. The highest BCUT2D eigenvalue weighted by molar-refractivity contribution is 6.33. The standard InChI is InChI=1S/C16H11Cl2FN4O/c17-10-4-5-13-9(6-10)7-14(22-13)16(24)23-21-8-20-15-11(18)2-1-3-12(15)19/h1-8,22H,(H,20,21)(H,23,24). The highest BCUT2D eigenvalue weighted by Crippen LogP contribution is 2.26. The third-order valence-corrected chi connectivity index (χ3v) is 3.75. The summed E-state index contributed by atoms with van der Waals surface area (Å²) in [5.41, 5.74) is 6.02. The molecule has 2 aromatic carbocycles. The molecule has 0 bridgehead atoms. The van der Waals surface area contributed by atoms with Crippen molar-refractivity contribution in [2.75, 3.05) is 0 Å². The lowest BCUT2D eigenvalue weighted by Gasteiger charge is -2.03. The number of nitrogens with zero attached hydrogens (tertiary/aromatic N) is 1. The number of para-hydroxylation sites is 1. The van der Waals surface area contributed by atoms with Crippen LogP contribution in [0.4, 0.5) is 10.1 Å². The first-order valence-corrected chi connectivity index (χ1v) is 7.61. The summed E-state index contributed by atoms with van der Waals surface area (Å²) in [5.74, 6) is -0.965. The summed E-state index contributed by atoms with van der Waals surface area (Å²) >= 11 is 11.7. The Balaban J connectivity index is 1.65. The SMILES string of the molecule is O=C(NNC=Nc1c(F)cccc1Cl)c1cc2cc(Cl)ccc2[nH]1. The van der Waals surface area contributed by atoms with Crippen molar-refractivity contribution in [2.45, 2.75) is 0 Å². The molecule has 0 fully saturated rings. The number of nitrogens with one attached hydrogen (secondary N) is 3. The number of carbonyl (C=O) groups is 1. The van der Waals surface area contributed by atoms with Crippen LogP contribution in [0.1, 0.15) is 10.5 Å². The van der Waals surface area contributed by atoms with Crippen LogP contribution in [-0.2, 0) is 0 Å². The smallest absolute Gasteiger partial charge is 0.286 e. The van der Waals surface area contributed by atoms with Crippen molar-refractivity contribution in [1.29, 1.82) is 0 Å². The number of hydrazine groups is 1. The van der Waals surface area contributed by atoms with Gasteiger partial charge in [0.2, 0.25) is 0 Å². The van der Waals surface area contributed by atoms with Gasteiger partial charge in [-0.3, -0.25) is 15.6 Å². The van der Waals surface area contributed by atoms with E-state index in [1.54, 1.807) is 24.3 Å². The highest BCUT2D eigenvalue weighted by atomic mass is 35.5. The van der Waals surface area contributed by atoms with Crippen molar-refractivity contribution in [3.63, 3.8) is 0 Å². The maximum absolute atomic E-state index is 13.5. The minimum absolute atomic E-state index is 0.0128. The third kappa shape index (κ3) is 3.50. The molecule has 1 amide bonds. The maximum Gasteiger partial charge on any atom is 0.286 e. The molecule has 0 aliphatic heterocycles. The number of amides is 1. The Morgan fingerprint density at radius 1 is 1.21 bits per heavy atom. The zero-order valence-corrected chi connectivity index (χ0v) is 13.6. The lowest BCUT2D eigenvalue weighted by Crippen LogP contribution is -2.36. The molecule has 0 spiro atoms. The molecule has 0 unspecified atom stereocenters. The molecule has 122 valence electrons. The molecule has 24 heavy (non-hydrogen) atoms. The Hall–Kier alpha value is -2.57. The number of hydrogen-bond acceptors (Lipinski definition) is 2. The number of hydrogen-bond donors (Lipinski definition) is 3. The van der Waals surface area contributed by atoms with E-state index in [2.05, 4.69) is 20.8 Å². The Labute approximate surface area is 146 Å². The second kappa shape index (κ2) is 6.90. The Morgan fingerprint density at radius 2 is 2.04 bits per heavy atom. The molecule has 5 nitrogen and oxygen atoms in total. The van der Waals surface area contributed by atoms with Gasteiger partial charge < -0.3 is 4.98 Å². The van der Waals surface area contributed by atoms with Gasteiger partial charge in [0.1, 0.15) is 23.5 Å². The molecule has 0 saturated carbocycles. The number of H-pyrrole nitrogens is 1. The van der Waals surface area contributed by atoms with Gasteiger partial charge in [0.05, 0.1) is 5.02 Å². The van der Waals surface area contributed by atoms with Crippen LogP contribution in [0.5, 0.6) is 0 Å². The van der Waals surface area contributed by atoms with Gasteiger partial charge in [-0.25, -0.2) is 9.38 Å². The molecule has 3 rings (SSSR count). The summed E-state index contributed by atoms with van der Waals surface area (Å²) in [4.78, 5) is 18.8. The first kappa shape index (κ1) is 16.3. The average molecular weight is 365 g/mol. The van der Waals surface area contributed by atoms with Crippen LogP contribution >= 0.6 is 23.2 Å². The van der Waals surface area contributed by atoms with Gasteiger partial charge in [0.15, 0.2) is 0 Å². The van der Waals surface area contributed by atoms with Crippen LogP contribution in [-0.4, -0.2) is 17.2 Å². The lowest BCUT2D eigenvalue weighted by atomic mass is 10.2. The van der Waals surface area contributed by atoms with Crippen molar-refractivity contribution >= 4 is 52.0 Å². The molecule has 1 aromatic heterocycles. The lowest BCUT2D eigenvalue weighted by molar-refractivity contribution is 0.0940. The maximum atomic E-state index is 13.5. The van der Waals surface area contributed by atoms with Crippen LogP contribution in [0, 0.1) is 5.82 Å². The zero-order valence-electron chi connectivity index (χ0n) is 12.1. The number of aromatic nitrogens is 1. The second-order valence-electron chi connectivity index (χ2n) is 4.84. The number of fused-ring (bicyclic) bond motifs is 1. The summed E-state index contributed by atoms with van der Waals surface area (Å²) < 4.78 is 13.5. The monoisotopic (exact) mass is 364 g/mol. The van der Waals surface area contributed by atoms with Crippen molar-refractivity contribution in [1.82, 2.24) is 15.8 Å². The molecule has 0 aliphatic rings. The second-order valence-corrected chi connectivity index (χ2v) is 5.69. The number of aliphatic imine (C=N–C) groups is 1. The molecule has 1 heterocycles. The van der Waals surface area contributed by atoms with E-state index in [-0.39, 0.29) is 10.7 Å². The summed E-state index contributed by atoms with van der Waals surface area (Å²) in [6.45, 7) is 0. The molecule has 3 N–H and O–H groups in total. The minimum atomic E-state index is -0.556. The largest absolute Gasteiger partial charge is 0.350 e. The first-order chi connectivity index (χ1) is 11.5. The van der Waals surface area contributed by atoms with E-state index in [1.807, 2.05) is 0 Å². The van der Waals surface area contributed by atoms with E-state index in [0.717, 1.165) is 17.2 Å². The number of rotatable bonds is 4. The third-order valence-electron chi connectivity index (χ3n) is 3.21. The molecular formula is C16H11Cl2FN4O. The normalized spacial score (nSPS) is 11.1. The Kier molecular flexibility index (Phi) is 4.69. The number of aromatic amines is 1. The predicted octanol–water partition coefficient (Wildman–Crippen LogP) is 4.21. The van der Waals surface area contributed by atoms with E-state index in [1.165, 1.54) is 18.2 Å². The molecular weight excluding hydrogens is 354 g/mol. The number of benzene rings is 2. The summed E-state index contributed by atoms with van der Waals surface area (Å²) in [6, 6.07) is 11.2. The van der Waals surface area contributed by atoms with Crippen molar-refractivity contribution in [3.8, 4) is 0 Å². The molecule has 8 heteroatoms. The van der Waals surface area contributed by atoms with Gasteiger partial charge in [-0.15, -0.1) is 0 Å². The van der Waals surface area contributed by atoms with E-state index < -0.39 is 11.7 Å². The summed E-state index contributed by atoms with van der Waals surface area (Å²) in [7, 11) is 0. The van der Waals surface area contributed by atoms with Gasteiger partial charge in [-0.1, -0.05) is 29.3 Å². The van der Waals surface area contributed by atoms with Crippen LogP contribution < -0.4 is 10.9 Å². The van der Waals surface area contributed by atoms with Crippen LogP contribution in [0.3, 0.4) is 0 Å². The fourth-order valence-corrected chi connectivity index (χ4v) is 2.49. The van der Waals surface area contributed by atoms with Crippen LogP contribution in [0.15, 0.2) is 47.5 Å². The predicted molar refractivity (Wildman–Crippen MR) is 93.5 cm³/mol. The summed E-state index contributed by atoms with van der Waals surface area (Å²) in [5, 5.41) is 1.58. The van der Waals surface area contributed by atoms with Crippen molar-refractivity contribution < 1.29 is 9.18 Å². The van der Waals surface area contributed by atoms with Crippen molar-refractivity contribution in [2.24, 2.45) is 4.99 Å². The molecule has 0 aliphatic carbocycles.